The third-order valence-corrected chi connectivity index (χ3v) is 2.61. The second-order valence-corrected chi connectivity index (χ2v) is 5.59. The second-order valence-electron chi connectivity index (χ2n) is 5.59. The average Bonchev–Trinajstić information content (AvgIpc) is 2.36. The van der Waals surface area contributed by atoms with E-state index in [4.69, 9.17) is 4.74 Å². The summed E-state index contributed by atoms with van der Waals surface area (Å²) in [5.74, 6) is 0.810. The maximum atomic E-state index is 11.6. The van der Waals surface area contributed by atoms with E-state index in [2.05, 4.69) is 26.1 Å². The summed E-state index contributed by atoms with van der Waals surface area (Å²) >= 11 is 0. The number of hydrogen-bond acceptors (Lipinski definition) is 2. The van der Waals surface area contributed by atoms with Crippen LogP contribution in [-0.4, -0.2) is 19.6 Å². The van der Waals surface area contributed by atoms with Crippen LogP contribution in [0.2, 0.25) is 0 Å². The molecule has 0 unspecified atom stereocenters. The number of amides is 1. The Morgan fingerprint density at radius 2 is 1.89 bits per heavy atom. The molecular weight excluding hydrogens is 238 g/mol. The number of allylic oxidation sites excluding steroid dienone is 1. The average molecular weight is 261 g/mol. The Bertz CT molecular complexity index is 427. The summed E-state index contributed by atoms with van der Waals surface area (Å²) < 4.78 is 5.10. The first-order chi connectivity index (χ1) is 8.90. The van der Waals surface area contributed by atoms with Gasteiger partial charge in [0, 0.05) is 6.54 Å². The molecule has 0 spiro atoms. The van der Waals surface area contributed by atoms with E-state index in [0.29, 0.717) is 6.54 Å². The van der Waals surface area contributed by atoms with E-state index in [0.717, 1.165) is 12.2 Å². The summed E-state index contributed by atoms with van der Waals surface area (Å²) in [6.45, 7) is 6.83. The summed E-state index contributed by atoms with van der Waals surface area (Å²) in [5, 5.41) is 2.88. The molecule has 0 aromatic heterocycles. The summed E-state index contributed by atoms with van der Waals surface area (Å²) in [6, 6.07) is 7.87. The molecule has 0 atom stereocenters. The molecule has 0 saturated carbocycles. The van der Waals surface area contributed by atoms with E-state index in [1.807, 2.05) is 30.3 Å². The van der Waals surface area contributed by atoms with E-state index >= 15 is 0 Å². The van der Waals surface area contributed by atoms with Crippen LogP contribution >= 0.6 is 0 Å². The van der Waals surface area contributed by atoms with E-state index in [-0.39, 0.29) is 11.3 Å². The highest BCUT2D eigenvalue weighted by molar-refractivity contribution is 5.87. The first-order valence-corrected chi connectivity index (χ1v) is 6.51. The molecular formula is C16H23NO2. The monoisotopic (exact) mass is 261 g/mol. The fraction of sp³-hybridized carbons (Fsp3) is 0.438. The van der Waals surface area contributed by atoms with Crippen molar-refractivity contribution in [1.29, 1.82) is 0 Å². The molecule has 1 aromatic rings. The molecule has 1 N–H and O–H groups in total. The molecule has 0 saturated heterocycles. The lowest BCUT2D eigenvalue weighted by Crippen LogP contribution is -2.24. The van der Waals surface area contributed by atoms with Crippen LogP contribution in [0.3, 0.4) is 0 Å². The number of carbonyl (C=O) groups excluding carboxylic acids is 1. The molecule has 3 heteroatoms. The van der Waals surface area contributed by atoms with E-state index in [9.17, 15) is 4.79 Å². The number of nitrogens with one attached hydrogen (secondary N) is 1. The lowest BCUT2D eigenvalue weighted by atomic mass is 9.96. The molecule has 0 radical (unpaired) electrons. The van der Waals surface area contributed by atoms with Crippen LogP contribution in [0.1, 0.15) is 26.3 Å². The van der Waals surface area contributed by atoms with Gasteiger partial charge in [-0.05, 0) is 35.6 Å². The summed E-state index contributed by atoms with van der Waals surface area (Å²) in [4.78, 5) is 11.6. The van der Waals surface area contributed by atoms with Gasteiger partial charge in [0.15, 0.2) is 0 Å². The Morgan fingerprint density at radius 3 is 2.42 bits per heavy atom. The van der Waals surface area contributed by atoms with Gasteiger partial charge < -0.3 is 10.1 Å². The van der Waals surface area contributed by atoms with Crippen LogP contribution in [0.5, 0.6) is 5.75 Å². The summed E-state index contributed by atoms with van der Waals surface area (Å²) in [5.41, 5.74) is 1.22. The van der Waals surface area contributed by atoms with Crippen LogP contribution in [-0.2, 0) is 11.2 Å². The lowest BCUT2D eigenvalue weighted by molar-refractivity contribution is -0.116. The topological polar surface area (TPSA) is 38.3 Å². The third-order valence-electron chi connectivity index (χ3n) is 2.61. The predicted molar refractivity (Wildman–Crippen MR) is 78.3 cm³/mol. The lowest BCUT2D eigenvalue weighted by Gasteiger charge is -2.11. The van der Waals surface area contributed by atoms with Crippen molar-refractivity contribution < 1.29 is 9.53 Å². The van der Waals surface area contributed by atoms with Gasteiger partial charge in [0.2, 0.25) is 5.91 Å². The third kappa shape index (κ3) is 6.65. The molecule has 0 bridgehead atoms. The zero-order valence-corrected chi connectivity index (χ0v) is 12.2. The van der Waals surface area contributed by atoms with Gasteiger partial charge in [-0.15, -0.1) is 0 Å². The van der Waals surface area contributed by atoms with Crippen molar-refractivity contribution in [3.8, 4) is 5.75 Å². The van der Waals surface area contributed by atoms with Crippen molar-refractivity contribution in [2.75, 3.05) is 13.7 Å². The first kappa shape index (κ1) is 15.3. The van der Waals surface area contributed by atoms with Gasteiger partial charge in [-0.1, -0.05) is 39.0 Å². The molecule has 0 aliphatic carbocycles. The van der Waals surface area contributed by atoms with Crippen LogP contribution in [0.4, 0.5) is 0 Å². The Morgan fingerprint density at radius 1 is 1.26 bits per heavy atom. The van der Waals surface area contributed by atoms with Gasteiger partial charge in [-0.3, -0.25) is 4.79 Å². The van der Waals surface area contributed by atoms with Crippen molar-refractivity contribution in [3.63, 3.8) is 0 Å². The van der Waals surface area contributed by atoms with Crippen LogP contribution in [0, 0.1) is 5.41 Å². The zero-order valence-electron chi connectivity index (χ0n) is 12.2. The minimum atomic E-state index is -0.0385. The number of benzene rings is 1. The van der Waals surface area contributed by atoms with Crippen molar-refractivity contribution in [2.45, 2.75) is 27.2 Å². The Hall–Kier alpha value is -1.77. The van der Waals surface area contributed by atoms with Crippen LogP contribution < -0.4 is 10.1 Å². The number of hydrogen-bond donors (Lipinski definition) is 1. The number of methoxy groups -OCH3 is 1. The highest BCUT2D eigenvalue weighted by Gasteiger charge is 2.05. The highest BCUT2D eigenvalue weighted by Crippen LogP contribution is 2.14. The van der Waals surface area contributed by atoms with Crippen LogP contribution in [0.25, 0.3) is 0 Å². The first-order valence-electron chi connectivity index (χ1n) is 6.51. The van der Waals surface area contributed by atoms with Crippen molar-refractivity contribution >= 4 is 5.91 Å². The van der Waals surface area contributed by atoms with E-state index in [1.54, 1.807) is 13.2 Å². The standard InChI is InChI=1S/C16H23NO2/c1-16(2,3)11-9-15(18)17-12-10-13-5-7-14(19-4)8-6-13/h5-9,11H,10,12H2,1-4H3,(H,17,18)/b11-9+. The quantitative estimate of drug-likeness (QED) is 0.828. The van der Waals surface area contributed by atoms with Crippen LogP contribution in [0.15, 0.2) is 36.4 Å². The molecule has 0 aliphatic heterocycles. The maximum Gasteiger partial charge on any atom is 0.243 e. The second kappa shape index (κ2) is 6.98. The highest BCUT2D eigenvalue weighted by atomic mass is 16.5. The fourth-order valence-corrected chi connectivity index (χ4v) is 1.51. The molecule has 1 rings (SSSR count). The number of ether oxygens (including phenoxy) is 1. The SMILES string of the molecule is COc1ccc(CCNC(=O)/C=C/C(C)(C)C)cc1. The molecule has 104 valence electrons. The van der Waals surface area contributed by atoms with E-state index < -0.39 is 0 Å². The Kier molecular flexibility index (Phi) is 5.61. The minimum Gasteiger partial charge on any atom is -0.497 e. The minimum absolute atomic E-state index is 0.0350. The van der Waals surface area contributed by atoms with Gasteiger partial charge in [-0.2, -0.15) is 0 Å². The summed E-state index contributed by atoms with van der Waals surface area (Å²) in [6.07, 6.45) is 4.34. The Labute approximate surface area is 115 Å². The molecule has 19 heavy (non-hydrogen) atoms. The van der Waals surface area contributed by atoms with E-state index in [1.165, 1.54) is 5.56 Å². The molecule has 1 amide bonds. The van der Waals surface area contributed by atoms with Gasteiger partial charge in [0.1, 0.15) is 5.75 Å². The maximum absolute atomic E-state index is 11.6. The molecule has 0 fully saturated rings. The van der Waals surface area contributed by atoms with Gasteiger partial charge in [0.05, 0.1) is 7.11 Å². The van der Waals surface area contributed by atoms with Gasteiger partial charge >= 0.3 is 0 Å². The molecule has 0 heterocycles. The van der Waals surface area contributed by atoms with Crippen molar-refractivity contribution in [3.05, 3.63) is 42.0 Å². The number of carbonyl (C=O) groups is 1. The van der Waals surface area contributed by atoms with Gasteiger partial charge in [-0.25, -0.2) is 0 Å². The van der Waals surface area contributed by atoms with Gasteiger partial charge in [0.25, 0.3) is 0 Å². The normalized spacial score (nSPS) is 11.6. The Balaban J connectivity index is 2.33. The largest absolute Gasteiger partial charge is 0.497 e. The zero-order chi connectivity index (χ0) is 14.3. The predicted octanol–water partition coefficient (Wildman–Crippen LogP) is 2.96. The smallest absolute Gasteiger partial charge is 0.243 e. The molecule has 1 aromatic carbocycles. The summed E-state index contributed by atoms with van der Waals surface area (Å²) in [7, 11) is 1.65. The van der Waals surface area contributed by atoms with Crippen molar-refractivity contribution in [2.24, 2.45) is 5.41 Å². The molecule has 0 aliphatic rings. The number of rotatable bonds is 5. The van der Waals surface area contributed by atoms with Crippen molar-refractivity contribution in [1.82, 2.24) is 5.32 Å². The fourth-order valence-electron chi connectivity index (χ4n) is 1.51. The molecule has 3 nitrogen and oxygen atoms in total.